The van der Waals surface area contributed by atoms with E-state index in [1.54, 1.807) is 0 Å². The molecule has 0 unspecified atom stereocenters. The molecule has 1 aliphatic rings. The minimum Gasteiger partial charge on any atom is -0.302 e. The summed E-state index contributed by atoms with van der Waals surface area (Å²) in [6, 6.07) is 5.81. The van der Waals surface area contributed by atoms with Crippen molar-refractivity contribution >= 4 is 19.7 Å². The molecule has 0 radical (unpaired) electrons. The highest BCUT2D eigenvalue weighted by atomic mass is 35.7. The van der Waals surface area contributed by atoms with E-state index in [4.69, 9.17) is 10.7 Å². The van der Waals surface area contributed by atoms with E-state index in [0.717, 1.165) is 30.6 Å². The van der Waals surface area contributed by atoms with Gasteiger partial charge in [-0.1, -0.05) is 18.2 Å². The Kier molecular flexibility index (Phi) is 3.24. The lowest BCUT2D eigenvalue weighted by atomic mass is 9.96. The van der Waals surface area contributed by atoms with Crippen molar-refractivity contribution in [2.45, 2.75) is 18.7 Å². The Morgan fingerprint density at radius 2 is 2.19 bits per heavy atom. The number of benzene rings is 1. The van der Waals surface area contributed by atoms with Crippen molar-refractivity contribution in [1.82, 2.24) is 4.90 Å². The van der Waals surface area contributed by atoms with Crippen LogP contribution in [0.25, 0.3) is 0 Å². The smallest absolute Gasteiger partial charge is 0.236 e. The summed E-state index contributed by atoms with van der Waals surface area (Å²) in [5.74, 6) is -0.0778. The van der Waals surface area contributed by atoms with E-state index in [2.05, 4.69) is 11.0 Å². The lowest BCUT2D eigenvalue weighted by Gasteiger charge is -2.26. The second-order valence-electron chi connectivity index (χ2n) is 4.23. The summed E-state index contributed by atoms with van der Waals surface area (Å²) in [7, 11) is 3.87. The van der Waals surface area contributed by atoms with Crippen LogP contribution < -0.4 is 0 Å². The van der Waals surface area contributed by atoms with Gasteiger partial charge < -0.3 is 4.90 Å². The van der Waals surface area contributed by atoms with Gasteiger partial charge in [-0.05, 0) is 30.2 Å². The molecule has 0 fully saturated rings. The zero-order valence-electron chi connectivity index (χ0n) is 9.11. The quantitative estimate of drug-likeness (QED) is 0.760. The number of hydrogen-bond acceptors (Lipinski definition) is 3. The van der Waals surface area contributed by atoms with Crippen LogP contribution in [0.1, 0.15) is 16.7 Å². The average molecular weight is 260 g/mol. The molecule has 0 saturated carbocycles. The standard InChI is InChI=1S/C11H14ClNO2S/c1-13-6-5-9-3-2-4-10(11(9)7-13)8-16(12,14)15/h2-4H,5-8H2,1H3. The van der Waals surface area contributed by atoms with Crippen LogP contribution in [0.15, 0.2) is 18.2 Å². The zero-order valence-corrected chi connectivity index (χ0v) is 10.7. The Morgan fingerprint density at radius 1 is 1.44 bits per heavy atom. The number of fused-ring (bicyclic) bond motifs is 1. The molecule has 0 amide bonds. The Morgan fingerprint density at radius 3 is 2.88 bits per heavy atom. The maximum absolute atomic E-state index is 11.1. The molecule has 0 aliphatic carbocycles. The summed E-state index contributed by atoms with van der Waals surface area (Å²) in [5.41, 5.74) is 3.20. The molecule has 0 atom stereocenters. The third-order valence-electron chi connectivity index (χ3n) is 2.89. The molecule has 5 heteroatoms. The summed E-state index contributed by atoms with van der Waals surface area (Å²) >= 11 is 0. The van der Waals surface area contributed by atoms with Gasteiger partial charge in [-0.3, -0.25) is 0 Å². The molecule has 1 aliphatic heterocycles. The Hall–Kier alpha value is -0.580. The number of halogens is 1. The minimum atomic E-state index is -3.47. The fourth-order valence-corrected chi connectivity index (χ4v) is 3.10. The molecule has 3 nitrogen and oxygen atoms in total. The number of likely N-dealkylation sites (N-methyl/N-ethyl adjacent to an activating group) is 1. The van der Waals surface area contributed by atoms with Gasteiger partial charge in [0.15, 0.2) is 0 Å². The van der Waals surface area contributed by atoms with Crippen molar-refractivity contribution < 1.29 is 8.42 Å². The van der Waals surface area contributed by atoms with Crippen molar-refractivity contribution in [2.75, 3.05) is 13.6 Å². The van der Waals surface area contributed by atoms with E-state index in [1.165, 1.54) is 5.56 Å². The first-order valence-corrected chi connectivity index (χ1v) is 7.64. The molecule has 0 N–H and O–H groups in total. The Bertz CT molecular complexity index is 499. The largest absolute Gasteiger partial charge is 0.302 e. The number of rotatable bonds is 2. The van der Waals surface area contributed by atoms with Crippen LogP contribution in [-0.2, 0) is 27.8 Å². The van der Waals surface area contributed by atoms with Gasteiger partial charge in [-0.2, -0.15) is 0 Å². The lowest BCUT2D eigenvalue weighted by molar-refractivity contribution is 0.312. The van der Waals surface area contributed by atoms with Crippen molar-refractivity contribution in [3.63, 3.8) is 0 Å². The van der Waals surface area contributed by atoms with Crippen molar-refractivity contribution in [3.8, 4) is 0 Å². The molecule has 0 spiro atoms. The van der Waals surface area contributed by atoms with Gasteiger partial charge in [0.25, 0.3) is 0 Å². The fourth-order valence-electron chi connectivity index (χ4n) is 2.11. The van der Waals surface area contributed by atoms with Gasteiger partial charge in [0.2, 0.25) is 9.05 Å². The van der Waals surface area contributed by atoms with Crippen molar-refractivity contribution in [1.29, 1.82) is 0 Å². The van der Waals surface area contributed by atoms with Gasteiger partial charge in [-0.25, -0.2) is 8.42 Å². The Balaban J connectivity index is 2.39. The first kappa shape index (κ1) is 11.9. The van der Waals surface area contributed by atoms with Crippen LogP contribution in [-0.4, -0.2) is 26.9 Å². The predicted molar refractivity (Wildman–Crippen MR) is 65.0 cm³/mol. The molecule has 16 heavy (non-hydrogen) atoms. The van der Waals surface area contributed by atoms with E-state index in [1.807, 2.05) is 19.2 Å². The molecule has 0 bridgehead atoms. The van der Waals surface area contributed by atoms with Crippen LogP contribution >= 0.6 is 10.7 Å². The fraction of sp³-hybridized carbons (Fsp3) is 0.455. The van der Waals surface area contributed by atoms with E-state index >= 15 is 0 Å². The van der Waals surface area contributed by atoms with Crippen LogP contribution in [0.2, 0.25) is 0 Å². The molecule has 0 aromatic heterocycles. The second kappa shape index (κ2) is 4.35. The van der Waals surface area contributed by atoms with Gasteiger partial charge in [0.05, 0.1) is 5.75 Å². The van der Waals surface area contributed by atoms with Crippen LogP contribution in [0.3, 0.4) is 0 Å². The van der Waals surface area contributed by atoms with Crippen LogP contribution in [0.4, 0.5) is 0 Å². The number of nitrogens with zero attached hydrogens (tertiary/aromatic N) is 1. The first-order chi connectivity index (χ1) is 7.46. The third-order valence-corrected chi connectivity index (χ3v) is 3.87. The minimum absolute atomic E-state index is 0.0778. The predicted octanol–water partition coefficient (Wildman–Crippen LogP) is 1.74. The number of hydrogen-bond donors (Lipinski definition) is 0. The van der Waals surface area contributed by atoms with Gasteiger partial charge in [0.1, 0.15) is 0 Å². The highest BCUT2D eigenvalue weighted by molar-refractivity contribution is 8.13. The average Bonchev–Trinajstić information content (AvgIpc) is 2.17. The second-order valence-corrected chi connectivity index (χ2v) is 7.00. The van der Waals surface area contributed by atoms with E-state index in [0.29, 0.717) is 0 Å². The molecule has 0 saturated heterocycles. The van der Waals surface area contributed by atoms with E-state index in [9.17, 15) is 8.42 Å². The molecule has 1 heterocycles. The maximum atomic E-state index is 11.1. The third kappa shape index (κ3) is 2.75. The van der Waals surface area contributed by atoms with Crippen LogP contribution in [0.5, 0.6) is 0 Å². The zero-order chi connectivity index (χ0) is 11.8. The monoisotopic (exact) mass is 259 g/mol. The SMILES string of the molecule is CN1CCc2cccc(CS(=O)(=O)Cl)c2C1. The highest BCUT2D eigenvalue weighted by Gasteiger charge is 2.18. The van der Waals surface area contributed by atoms with Crippen LogP contribution in [0, 0.1) is 0 Å². The van der Waals surface area contributed by atoms with E-state index < -0.39 is 9.05 Å². The summed E-state index contributed by atoms with van der Waals surface area (Å²) < 4.78 is 22.2. The van der Waals surface area contributed by atoms with Gasteiger partial charge >= 0.3 is 0 Å². The summed E-state index contributed by atoms with van der Waals surface area (Å²) in [5, 5.41) is 0. The van der Waals surface area contributed by atoms with E-state index in [-0.39, 0.29) is 5.75 Å². The topological polar surface area (TPSA) is 37.4 Å². The molecule has 2 rings (SSSR count). The molecule has 1 aromatic rings. The molecule has 88 valence electrons. The molecular weight excluding hydrogens is 246 g/mol. The van der Waals surface area contributed by atoms with Gasteiger partial charge in [0, 0.05) is 23.8 Å². The summed E-state index contributed by atoms with van der Waals surface area (Å²) in [4.78, 5) is 2.19. The Labute approximate surface area is 100 Å². The normalized spacial score (nSPS) is 17.1. The van der Waals surface area contributed by atoms with Gasteiger partial charge in [-0.15, -0.1) is 0 Å². The lowest BCUT2D eigenvalue weighted by Crippen LogP contribution is -2.27. The highest BCUT2D eigenvalue weighted by Crippen LogP contribution is 2.24. The van der Waals surface area contributed by atoms with Crippen molar-refractivity contribution in [2.24, 2.45) is 0 Å². The van der Waals surface area contributed by atoms with Crippen molar-refractivity contribution in [3.05, 3.63) is 34.9 Å². The summed E-state index contributed by atoms with van der Waals surface area (Å²) in [6.07, 6.45) is 0.974. The first-order valence-electron chi connectivity index (χ1n) is 5.16. The summed E-state index contributed by atoms with van der Waals surface area (Å²) in [6.45, 7) is 1.82. The molecular formula is C11H14ClNO2S. The maximum Gasteiger partial charge on any atom is 0.236 e. The molecule has 1 aromatic carbocycles.